The Morgan fingerprint density at radius 3 is 2.62 bits per heavy atom. The molecule has 21 heavy (non-hydrogen) atoms. The Kier molecular flexibility index (Phi) is 5.46. The second-order valence-electron chi connectivity index (χ2n) is 5.12. The lowest BCUT2D eigenvalue weighted by molar-refractivity contribution is -0.123. The predicted octanol–water partition coefficient (Wildman–Crippen LogP) is 1.90. The first kappa shape index (κ1) is 15.2. The number of amides is 1. The SMILES string of the molecule is CC(CO)NC(=O)C(Cc1cccnc1)c1ccccc1. The molecule has 0 saturated heterocycles. The van der Waals surface area contributed by atoms with Crippen molar-refractivity contribution in [2.75, 3.05) is 6.61 Å². The molecule has 0 aliphatic carbocycles. The van der Waals surface area contributed by atoms with E-state index in [9.17, 15) is 4.79 Å². The quantitative estimate of drug-likeness (QED) is 0.851. The van der Waals surface area contributed by atoms with Crippen LogP contribution in [0.15, 0.2) is 54.9 Å². The number of aliphatic hydroxyl groups excluding tert-OH is 1. The highest BCUT2D eigenvalue weighted by molar-refractivity contribution is 5.84. The Hall–Kier alpha value is -2.20. The van der Waals surface area contributed by atoms with E-state index in [-0.39, 0.29) is 24.5 Å². The first-order valence-electron chi connectivity index (χ1n) is 7.05. The van der Waals surface area contributed by atoms with Crippen LogP contribution >= 0.6 is 0 Å². The summed E-state index contributed by atoms with van der Waals surface area (Å²) in [5, 5.41) is 11.9. The maximum atomic E-state index is 12.5. The van der Waals surface area contributed by atoms with E-state index in [0.29, 0.717) is 6.42 Å². The average molecular weight is 284 g/mol. The molecule has 2 aromatic rings. The minimum atomic E-state index is -0.288. The van der Waals surface area contributed by atoms with E-state index in [0.717, 1.165) is 11.1 Å². The topological polar surface area (TPSA) is 62.2 Å². The van der Waals surface area contributed by atoms with Gasteiger partial charge in [0.05, 0.1) is 12.5 Å². The van der Waals surface area contributed by atoms with Crippen LogP contribution in [0.4, 0.5) is 0 Å². The van der Waals surface area contributed by atoms with Crippen LogP contribution in [0.2, 0.25) is 0 Å². The smallest absolute Gasteiger partial charge is 0.228 e. The second-order valence-corrected chi connectivity index (χ2v) is 5.12. The van der Waals surface area contributed by atoms with Gasteiger partial charge in [-0.3, -0.25) is 9.78 Å². The fourth-order valence-corrected chi connectivity index (χ4v) is 2.19. The Morgan fingerprint density at radius 1 is 1.24 bits per heavy atom. The van der Waals surface area contributed by atoms with Crippen molar-refractivity contribution in [2.45, 2.75) is 25.3 Å². The summed E-state index contributed by atoms with van der Waals surface area (Å²) < 4.78 is 0. The average Bonchev–Trinajstić information content (AvgIpc) is 2.54. The van der Waals surface area contributed by atoms with Gasteiger partial charge in [-0.15, -0.1) is 0 Å². The highest BCUT2D eigenvalue weighted by atomic mass is 16.3. The molecule has 110 valence electrons. The van der Waals surface area contributed by atoms with Gasteiger partial charge in [-0.2, -0.15) is 0 Å². The molecule has 2 atom stereocenters. The molecule has 1 heterocycles. The number of hydrogen-bond donors (Lipinski definition) is 2. The molecule has 0 saturated carbocycles. The Balaban J connectivity index is 2.20. The third kappa shape index (κ3) is 4.39. The maximum absolute atomic E-state index is 12.5. The van der Waals surface area contributed by atoms with Gasteiger partial charge in [-0.25, -0.2) is 0 Å². The Labute approximate surface area is 124 Å². The fourth-order valence-electron chi connectivity index (χ4n) is 2.19. The van der Waals surface area contributed by atoms with Crippen LogP contribution in [0, 0.1) is 0 Å². The summed E-state index contributed by atoms with van der Waals surface area (Å²) in [6, 6.07) is 13.3. The molecule has 2 N–H and O–H groups in total. The van der Waals surface area contributed by atoms with Crippen LogP contribution in [0.5, 0.6) is 0 Å². The lowest BCUT2D eigenvalue weighted by Gasteiger charge is -2.19. The van der Waals surface area contributed by atoms with Crippen LogP contribution in [0.1, 0.15) is 24.0 Å². The van der Waals surface area contributed by atoms with Crippen molar-refractivity contribution in [1.29, 1.82) is 0 Å². The lowest BCUT2D eigenvalue weighted by atomic mass is 9.91. The summed E-state index contributed by atoms with van der Waals surface area (Å²) in [6.07, 6.45) is 4.08. The van der Waals surface area contributed by atoms with E-state index in [1.807, 2.05) is 42.5 Å². The zero-order chi connectivity index (χ0) is 15.1. The summed E-state index contributed by atoms with van der Waals surface area (Å²) in [5.41, 5.74) is 1.97. The van der Waals surface area contributed by atoms with Crippen molar-refractivity contribution >= 4 is 5.91 Å². The standard InChI is InChI=1S/C17H20N2O2/c1-13(12-20)19-17(21)16(15-7-3-2-4-8-15)10-14-6-5-9-18-11-14/h2-9,11,13,16,20H,10,12H2,1H3,(H,19,21). The van der Waals surface area contributed by atoms with Crippen LogP contribution in [-0.4, -0.2) is 28.6 Å². The highest BCUT2D eigenvalue weighted by Gasteiger charge is 2.22. The molecule has 0 spiro atoms. The summed E-state index contributed by atoms with van der Waals surface area (Å²) >= 11 is 0. The number of rotatable bonds is 6. The minimum Gasteiger partial charge on any atom is -0.394 e. The molecular weight excluding hydrogens is 264 g/mol. The molecule has 0 aliphatic rings. The largest absolute Gasteiger partial charge is 0.394 e. The molecule has 1 aromatic carbocycles. The predicted molar refractivity (Wildman–Crippen MR) is 81.8 cm³/mol. The van der Waals surface area contributed by atoms with Crippen molar-refractivity contribution in [1.82, 2.24) is 10.3 Å². The van der Waals surface area contributed by atoms with Gasteiger partial charge in [0.15, 0.2) is 0 Å². The molecule has 2 unspecified atom stereocenters. The molecule has 0 fully saturated rings. The summed E-state index contributed by atoms with van der Waals surface area (Å²) in [5.74, 6) is -0.365. The number of aromatic nitrogens is 1. The number of benzene rings is 1. The number of hydrogen-bond acceptors (Lipinski definition) is 3. The third-order valence-corrected chi connectivity index (χ3v) is 3.34. The van der Waals surface area contributed by atoms with Crippen molar-refractivity contribution in [2.24, 2.45) is 0 Å². The van der Waals surface area contributed by atoms with Crippen LogP contribution in [0.25, 0.3) is 0 Å². The molecule has 0 aliphatic heterocycles. The van der Waals surface area contributed by atoms with Gasteiger partial charge < -0.3 is 10.4 Å². The van der Waals surface area contributed by atoms with E-state index >= 15 is 0 Å². The lowest BCUT2D eigenvalue weighted by Crippen LogP contribution is -2.39. The number of aliphatic hydroxyl groups is 1. The van der Waals surface area contributed by atoms with Crippen molar-refractivity contribution in [3.05, 3.63) is 66.0 Å². The Bertz CT molecular complexity index is 558. The third-order valence-electron chi connectivity index (χ3n) is 3.34. The monoisotopic (exact) mass is 284 g/mol. The minimum absolute atomic E-state index is 0.0693. The molecule has 0 radical (unpaired) electrons. The Morgan fingerprint density at radius 2 is 2.00 bits per heavy atom. The second kappa shape index (κ2) is 7.55. The van der Waals surface area contributed by atoms with E-state index in [1.165, 1.54) is 0 Å². The van der Waals surface area contributed by atoms with Gasteiger partial charge in [-0.05, 0) is 30.5 Å². The van der Waals surface area contributed by atoms with E-state index in [2.05, 4.69) is 10.3 Å². The fraction of sp³-hybridized carbons (Fsp3) is 0.294. The van der Waals surface area contributed by atoms with Crippen LogP contribution in [0.3, 0.4) is 0 Å². The summed E-state index contributed by atoms with van der Waals surface area (Å²) in [6.45, 7) is 1.71. The molecule has 4 nitrogen and oxygen atoms in total. The van der Waals surface area contributed by atoms with Gasteiger partial charge in [0.25, 0.3) is 0 Å². The number of nitrogens with zero attached hydrogens (tertiary/aromatic N) is 1. The van der Waals surface area contributed by atoms with E-state index < -0.39 is 0 Å². The summed E-state index contributed by atoms with van der Waals surface area (Å²) in [7, 11) is 0. The summed E-state index contributed by atoms with van der Waals surface area (Å²) in [4.78, 5) is 16.6. The molecule has 0 bridgehead atoms. The van der Waals surface area contributed by atoms with Gasteiger partial charge in [0, 0.05) is 18.4 Å². The first-order chi connectivity index (χ1) is 10.2. The van der Waals surface area contributed by atoms with Crippen molar-refractivity contribution < 1.29 is 9.90 Å². The van der Waals surface area contributed by atoms with Gasteiger partial charge in [0.2, 0.25) is 5.91 Å². The number of nitrogens with one attached hydrogen (secondary N) is 1. The molecule has 2 rings (SSSR count). The molecule has 4 heteroatoms. The van der Waals surface area contributed by atoms with E-state index in [1.54, 1.807) is 19.3 Å². The van der Waals surface area contributed by atoms with Gasteiger partial charge >= 0.3 is 0 Å². The van der Waals surface area contributed by atoms with E-state index in [4.69, 9.17) is 5.11 Å². The maximum Gasteiger partial charge on any atom is 0.228 e. The normalized spacial score (nSPS) is 13.4. The molecule has 1 aromatic heterocycles. The zero-order valence-electron chi connectivity index (χ0n) is 12.1. The molecule has 1 amide bonds. The number of carbonyl (C=O) groups is 1. The number of pyridine rings is 1. The van der Waals surface area contributed by atoms with Crippen LogP contribution < -0.4 is 5.32 Å². The van der Waals surface area contributed by atoms with Gasteiger partial charge in [-0.1, -0.05) is 36.4 Å². The van der Waals surface area contributed by atoms with Gasteiger partial charge in [0.1, 0.15) is 0 Å². The molecular formula is C17H20N2O2. The number of carbonyl (C=O) groups excluding carboxylic acids is 1. The first-order valence-corrected chi connectivity index (χ1v) is 7.05. The van der Waals surface area contributed by atoms with Crippen molar-refractivity contribution in [3.8, 4) is 0 Å². The highest BCUT2D eigenvalue weighted by Crippen LogP contribution is 2.21. The zero-order valence-corrected chi connectivity index (χ0v) is 12.1. The van der Waals surface area contributed by atoms with Crippen molar-refractivity contribution in [3.63, 3.8) is 0 Å². The van der Waals surface area contributed by atoms with Crippen LogP contribution in [-0.2, 0) is 11.2 Å².